The van der Waals surface area contributed by atoms with Gasteiger partial charge in [0.2, 0.25) is 11.8 Å². The van der Waals surface area contributed by atoms with Crippen molar-refractivity contribution in [2.75, 3.05) is 29.5 Å². The van der Waals surface area contributed by atoms with Crippen molar-refractivity contribution < 1.29 is 28.8 Å². The Morgan fingerprint density at radius 3 is 2.55 bits per heavy atom. The number of fused-ring (bicyclic) bond motifs is 1. The van der Waals surface area contributed by atoms with Gasteiger partial charge in [-0.05, 0) is 49.2 Å². The number of anilines is 2. The molecular formula is C27H26N4O7S2. The molecule has 1 aliphatic rings. The number of thioether (sulfide) groups is 1. The molecule has 0 aliphatic carbocycles. The monoisotopic (exact) mass is 582 g/mol. The normalized spacial score (nSPS) is 12.3. The number of nitrogens with zero attached hydrogens (tertiary/aromatic N) is 2. The zero-order valence-corrected chi connectivity index (χ0v) is 23.4. The maximum absolute atomic E-state index is 12.9. The summed E-state index contributed by atoms with van der Waals surface area (Å²) in [6.45, 7) is 4.28. The van der Waals surface area contributed by atoms with Crippen molar-refractivity contribution in [1.29, 1.82) is 0 Å². The molecule has 0 fully saturated rings. The van der Waals surface area contributed by atoms with E-state index < -0.39 is 16.8 Å². The van der Waals surface area contributed by atoms with E-state index in [1.54, 1.807) is 36.1 Å². The molecule has 2 aromatic carbocycles. The third-order valence-electron chi connectivity index (χ3n) is 6.04. The SMILES string of the molecule is CCOC(=O)c1c(NC(=O)CSc2cccc(NC(=O)c3ccc([N+](=O)[O-])cc3)c2)sc2c1CCN(C(C)=O)C2. The van der Waals surface area contributed by atoms with Crippen LogP contribution in [0.3, 0.4) is 0 Å². The summed E-state index contributed by atoms with van der Waals surface area (Å²) >= 11 is 2.53. The van der Waals surface area contributed by atoms with Gasteiger partial charge in [-0.15, -0.1) is 23.1 Å². The largest absolute Gasteiger partial charge is 0.462 e. The van der Waals surface area contributed by atoms with E-state index in [1.165, 1.54) is 54.3 Å². The van der Waals surface area contributed by atoms with Gasteiger partial charge in [0.1, 0.15) is 5.00 Å². The highest BCUT2D eigenvalue weighted by atomic mass is 32.2. The lowest BCUT2D eigenvalue weighted by molar-refractivity contribution is -0.384. The minimum Gasteiger partial charge on any atom is -0.462 e. The average Bonchev–Trinajstić information content (AvgIpc) is 3.29. The van der Waals surface area contributed by atoms with Crippen molar-refractivity contribution in [3.8, 4) is 0 Å². The number of nitro benzene ring substituents is 1. The van der Waals surface area contributed by atoms with Crippen LogP contribution >= 0.6 is 23.1 Å². The number of esters is 1. The lowest BCUT2D eigenvalue weighted by atomic mass is 10.0. The fraction of sp³-hybridized carbons (Fsp3) is 0.259. The first-order valence-electron chi connectivity index (χ1n) is 12.3. The molecular weight excluding hydrogens is 556 g/mol. The topological polar surface area (TPSA) is 148 Å². The number of hydrogen-bond donors (Lipinski definition) is 2. The van der Waals surface area contributed by atoms with Crippen molar-refractivity contribution in [2.24, 2.45) is 0 Å². The fourth-order valence-electron chi connectivity index (χ4n) is 4.09. The third kappa shape index (κ3) is 6.85. The Morgan fingerprint density at radius 1 is 1.12 bits per heavy atom. The number of carbonyl (C=O) groups is 4. The Labute approximate surface area is 238 Å². The Kier molecular flexibility index (Phi) is 9.17. The van der Waals surface area contributed by atoms with E-state index in [4.69, 9.17) is 4.74 Å². The van der Waals surface area contributed by atoms with Crippen LogP contribution in [-0.4, -0.2) is 52.4 Å². The summed E-state index contributed by atoms with van der Waals surface area (Å²) in [7, 11) is 0. The van der Waals surface area contributed by atoms with Gasteiger partial charge in [0, 0.05) is 46.6 Å². The number of carbonyl (C=O) groups excluding carboxylic acids is 4. The number of non-ortho nitro benzene ring substituents is 1. The van der Waals surface area contributed by atoms with Crippen LogP contribution in [-0.2, 0) is 27.3 Å². The van der Waals surface area contributed by atoms with Crippen molar-refractivity contribution in [3.05, 3.63) is 80.2 Å². The number of ether oxygens (including phenoxy) is 1. The molecule has 0 unspecified atom stereocenters. The van der Waals surface area contributed by atoms with Crippen LogP contribution in [0.4, 0.5) is 16.4 Å². The quantitative estimate of drug-likeness (QED) is 0.159. The third-order valence-corrected chi connectivity index (χ3v) is 8.16. The molecule has 1 aliphatic heterocycles. The molecule has 11 nitrogen and oxygen atoms in total. The van der Waals surface area contributed by atoms with E-state index in [-0.39, 0.29) is 35.4 Å². The molecule has 40 heavy (non-hydrogen) atoms. The van der Waals surface area contributed by atoms with Gasteiger partial charge < -0.3 is 20.3 Å². The molecule has 2 heterocycles. The summed E-state index contributed by atoms with van der Waals surface area (Å²) in [5.74, 6) is -1.26. The lowest BCUT2D eigenvalue weighted by Gasteiger charge is -2.25. The molecule has 0 spiro atoms. The molecule has 1 aromatic heterocycles. The number of nitro groups is 1. The molecule has 4 rings (SSSR count). The number of rotatable bonds is 9. The number of amides is 3. The number of hydrogen-bond acceptors (Lipinski definition) is 9. The van der Waals surface area contributed by atoms with Crippen LogP contribution in [0.2, 0.25) is 0 Å². The van der Waals surface area contributed by atoms with E-state index >= 15 is 0 Å². The number of nitrogens with one attached hydrogen (secondary N) is 2. The van der Waals surface area contributed by atoms with Crippen LogP contribution < -0.4 is 10.6 Å². The second-order valence-electron chi connectivity index (χ2n) is 8.74. The van der Waals surface area contributed by atoms with Gasteiger partial charge in [0.25, 0.3) is 11.6 Å². The minimum absolute atomic E-state index is 0.0458. The zero-order chi connectivity index (χ0) is 28.8. The number of thiophene rings is 1. The Hall–Kier alpha value is -4.23. The highest BCUT2D eigenvalue weighted by molar-refractivity contribution is 8.00. The Morgan fingerprint density at radius 2 is 1.88 bits per heavy atom. The van der Waals surface area contributed by atoms with Crippen molar-refractivity contribution in [2.45, 2.75) is 31.7 Å². The summed E-state index contributed by atoms with van der Waals surface area (Å²) in [6.07, 6.45) is 0.503. The Bertz CT molecular complexity index is 1470. The van der Waals surface area contributed by atoms with Crippen LogP contribution in [0.15, 0.2) is 53.4 Å². The molecule has 3 amide bonds. The van der Waals surface area contributed by atoms with Gasteiger partial charge >= 0.3 is 5.97 Å². The molecule has 0 atom stereocenters. The predicted molar refractivity (Wildman–Crippen MR) is 152 cm³/mol. The highest BCUT2D eigenvalue weighted by Gasteiger charge is 2.30. The average molecular weight is 583 g/mol. The molecule has 0 saturated heterocycles. The van der Waals surface area contributed by atoms with Crippen LogP contribution in [0.25, 0.3) is 0 Å². The van der Waals surface area contributed by atoms with Crippen molar-refractivity contribution >= 4 is 63.2 Å². The highest BCUT2D eigenvalue weighted by Crippen LogP contribution is 2.38. The zero-order valence-electron chi connectivity index (χ0n) is 21.7. The molecule has 0 saturated carbocycles. The molecule has 3 aromatic rings. The fourth-order valence-corrected chi connectivity index (χ4v) is 6.12. The van der Waals surface area contributed by atoms with E-state index in [2.05, 4.69) is 10.6 Å². The standard InChI is InChI=1S/C27H26N4O7S2/c1-3-38-27(35)24-21-11-12-30(16(2)32)14-22(21)40-26(24)29-23(33)15-39-20-6-4-5-18(13-20)28-25(34)17-7-9-19(10-8-17)31(36)37/h4-10,13H,3,11-12,14-15H2,1-2H3,(H,28,34)(H,29,33). The van der Waals surface area contributed by atoms with Gasteiger partial charge in [0.05, 0.1) is 29.4 Å². The van der Waals surface area contributed by atoms with E-state index in [9.17, 15) is 29.3 Å². The molecule has 208 valence electrons. The van der Waals surface area contributed by atoms with E-state index in [0.717, 1.165) is 15.3 Å². The van der Waals surface area contributed by atoms with Crippen molar-refractivity contribution in [1.82, 2.24) is 4.90 Å². The minimum atomic E-state index is -0.537. The van der Waals surface area contributed by atoms with Gasteiger partial charge in [-0.1, -0.05) is 6.07 Å². The summed E-state index contributed by atoms with van der Waals surface area (Å²) in [4.78, 5) is 63.5. The second-order valence-corrected chi connectivity index (χ2v) is 10.9. The predicted octanol–water partition coefficient (Wildman–Crippen LogP) is 4.72. The summed E-state index contributed by atoms with van der Waals surface area (Å²) in [6, 6.07) is 12.2. The summed E-state index contributed by atoms with van der Waals surface area (Å²) < 4.78 is 5.24. The maximum Gasteiger partial charge on any atom is 0.341 e. The van der Waals surface area contributed by atoms with Gasteiger partial charge in [-0.25, -0.2) is 4.79 Å². The smallest absolute Gasteiger partial charge is 0.341 e. The first kappa shape index (κ1) is 28.8. The van der Waals surface area contributed by atoms with Crippen molar-refractivity contribution in [3.63, 3.8) is 0 Å². The van der Waals surface area contributed by atoms with Crippen LogP contribution in [0.1, 0.15) is 45.0 Å². The molecule has 13 heteroatoms. The molecule has 2 N–H and O–H groups in total. The van der Waals surface area contributed by atoms with E-state index in [1.807, 2.05) is 0 Å². The Balaban J connectivity index is 1.40. The summed E-state index contributed by atoms with van der Waals surface area (Å²) in [5, 5.41) is 16.8. The van der Waals surface area contributed by atoms with Crippen LogP contribution in [0.5, 0.6) is 0 Å². The molecule has 0 radical (unpaired) electrons. The summed E-state index contributed by atoms with van der Waals surface area (Å²) in [5.41, 5.74) is 1.81. The first-order chi connectivity index (χ1) is 19.2. The maximum atomic E-state index is 12.9. The number of benzene rings is 2. The first-order valence-corrected chi connectivity index (χ1v) is 14.1. The van der Waals surface area contributed by atoms with Gasteiger partial charge in [0.15, 0.2) is 0 Å². The van der Waals surface area contributed by atoms with Gasteiger partial charge in [-0.2, -0.15) is 0 Å². The molecule has 0 bridgehead atoms. The van der Waals surface area contributed by atoms with Gasteiger partial charge in [-0.3, -0.25) is 24.5 Å². The lowest BCUT2D eigenvalue weighted by Crippen LogP contribution is -2.34. The van der Waals surface area contributed by atoms with Crippen LogP contribution in [0, 0.1) is 10.1 Å². The van der Waals surface area contributed by atoms with E-state index in [0.29, 0.717) is 35.8 Å². The second kappa shape index (κ2) is 12.7.